The number of nitrogens with two attached hydrogens (primary N) is 1. The van der Waals surface area contributed by atoms with Gasteiger partial charge in [0.1, 0.15) is 0 Å². The Balaban J connectivity index is 2.52. The molecule has 0 saturated carbocycles. The van der Waals surface area contributed by atoms with E-state index >= 15 is 0 Å². The van der Waals surface area contributed by atoms with Gasteiger partial charge in [0.2, 0.25) is 5.91 Å². The smallest absolute Gasteiger partial charge is 0.242 e. The molecule has 16 heavy (non-hydrogen) atoms. The number of anilines is 1. The lowest BCUT2D eigenvalue weighted by Crippen LogP contribution is -2.19. The van der Waals surface area contributed by atoms with Crippen LogP contribution in [0, 0.1) is 0 Å². The number of carbonyl (C=O) groups is 1. The summed E-state index contributed by atoms with van der Waals surface area (Å²) in [7, 11) is 0. The van der Waals surface area contributed by atoms with Crippen molar-refractivity contribution < 1.29 is 4.79 Å². The fourth-order valence-electron chi connectivity index (χ4n) is 1.86. The molecule has 0 aromatic heterocycles. The van der Waals surface area contributed by atoms with E-state index in [0.29, 0.717) is 0 Å². The van der Waals surface area contributed by atoms with Crippen LogP contribution < -0.4 is 10.6 Å². The van der Waals surface area contributed by atoms with Gasteiger partial charge in [-0.2, -0.15) is 0 Å². The first kappa shape index (κ1) is 10.5. The molecular formula is C13H14N2O. The van der Waals surface area contributed by atoms with Gasteiger partial charge >= 0.3 is 0 Å². The first-order chi connectivity index (χ1) is 7.72. The van der Waals surface area contributed by atoms with E-state index in [1.807, 2.05) is 36.5 Å². The summed E-state index contributed by atoms with van der Waals surface area (Å²) in [4.78, 5) is 13.1. The van der Waals surface area contributed by atoms with Gasteiger partial charge in [-0.3, -0.25) is 4.79 Å². The molecular weight excluding hydrogens is 200 g/mol. The number of rotatable bonds is 2. The van der Waals surface area contributed by atoms with Gasteiger partial charge in [-0.25, -0.2) is 0 Å². The average molecular weight is 214 g/mol. The number of fused-ring (bicyclic) bond motifs is 1. The van der Waals surface area contributed by atoms with Crippen molar-refractivity contribution in [3.05, 3.63) is 48.2 Å². The number of hydrogen-bond donors (Lipinski definition) is 1. The summed E-state index contributed by atoms with van der Waals surface area (Å²) in [5, 5.41) is 0. The Morgan fingerprint density at radius 1 is 1.44 bits per heavy atom. The largest absolute Gasteiger partial charge is 0.366 e. The van der Waals surface area contributed by atoms with Gasteiger partial charge in [0, 0.05) is 30.1 Å². The Kier molecular flexibility index (Phi) is 2.77. The third-order valence-electron chi connectivity index (χ3n) is 2.60. The van der Waals surface area contributed by atoms with Gasteiger partial charge in [0.15, 0.2) is 0 Å². The molecule has 82 valence electrons. The molecule has 1 aromatic rings. The molecule has 0 spiro atoms. The summed E-state index contributed by atoms with van der Waals surface area (Å²) in [5.74, 6) is -0.417. The van der Waals surface area contributed by atoms with Crippen LogP contribution >= 0.6 is 0 Å². The van der Waals surface area contributed by atoms with Crippen LogP contribution in [0.3, 0.4) is 0 Å². The van der Waals surface area contributed by atoms with Gasteiger partial charge in [0.25, 0.3) is 0 Å². The average Bonchev–Trinajstić information content (AvgIpc) is 2.29. The fraction of sp³-hybridized carbons (Fsp3) is 0.154. The predicted octanol–water partition coefficient (Wildman–Crippen LogP) is 1.91. The van der Waals surface area contributed by atoms with Crippen molar-refractivity contribution in [3.8, 4) is 0 Å². The molecule has 1 heterocycles. The highest BCUT2D eigenvalue weighted by atomic mass is 16.1. The molecule has 0 fully saturated rings. The first-order valence-corrected chi connectivity index (χ1v) is 5.27. The van der Waals surface area contributed by atoms with Gasteiger partial charge in [-0.1, -0.05) is 18.2 Å². The highest BCUT2D eigenvalue weighted by molar-refractivity contribution is 5.99. The van der Waals surface area contributed by atoms with Crippen LogP contribution in [-0.4, -0.2) is 12.5 Å². The number of primary amides is 1. The molecule has 3 heteroatoms. The molecule has 1 aromatic carbocycles. The van der Waals surface area contributed by atoms with Crippen LogP contribution in [0.4, 0.5) is 5.69 Å². The Morgan fingerprint density at radius 2 is 2.19 bits per heavy atom. The fourth-order valence-corrected chi connectivity index (χ4v) is 1.86. The van der Waals surface area contributed by atoms with Gasteiger partial charge < -0.3 is 10.6 Å². The van der Waals surface area contributed by atoms with Crippen LogP contribution in [0.1, 0.15) is 12.5 Å². The molecule has 1 aliphatic rings. The topological polar surface area (TPSA) is 46.3 Å². The number of para-hydroxylation sites is 1. The summed E-state index contributed by atoms with van der Waals surface area (Å²) < 4.78 is 0. The lowest BCUT2D eigenvalue weighted by Gasteiger charge is -2.26. The van der Waals surface area contributed by atoms with Crippen LogP contribution in [0.5, 0.6) is 0 Å². The zero-order valence-corrected chi connectivity index (χ0v) is 9.18. The summed E-state index contributed by atoms with van der Waals surface area (Å²) in [6.45, 7) is 2.99. The van der Waals surface area contributed by atoms with Crippen molar-refractivity contribution in [2.75, 3.05) is 11.4 Å². The summed E-state index contributed by atoms with van der Waals surface area (Å²) in [6, 6.07) is 7.98. The lowest BCUT2D eigenvalue weighted by atomic mass is 9.99. The second-order valence-corrected chi connectivity index (χ2v) is 3.62. The monoisotopic (exact) mass is 214 g/mol. The second kappa shape index (κ2) is 4.23. The minimum Gasteiger partial charge on any atom is -0.366 e. The minimum absolute atomic E-state index is 0.417. The second-order valence-electron chi connectivity index (χ2n) is 3.62. The van der Waals surface area contributed by atoms with E-state index in [9.17, 15) is 4.79 Å². The van der Waals surface area contributed by atoms with Gasteiger partial charge in [-0.15, -0.1) is 0 Å². The number of carbonyl (C=O) groups excluding carboxylic acids is 1. The Morgan fingerprint density at radius 3 is 2.88 bits per heavy atom. The number of allylic oxidation sites excluding steroid dienone is 2. The molecule has 0 radical (unpaired) electrons. The zero-order chi connectivity index (χ0) is 11.5. The van der Waals surface area contributed by atoms with E-state index in [-0.39, 0.29) is 0 Å². The van der Waals surface area contributed by atoms with Crippen molar-refractivity contribution in [2.24, 2.45) is 5.73 Å². The van der Waals surface area contributed by atoms with Crippen molar-refractivity contribution >= 4 is 17.2 Å². The summed E-state index contributed by atoms with van der Waals surface area (Å²) >= 11 is 0. The van der Waals surface area contributed by atoms with E-state index in [2.05, 4.69) is 11.8 Å². The van der Waals surface area contributed by atoms with Crippen molar-refractivity contribution in [1.82, 2.24) is 0 Å². The molecule has 3 nitrogen and oxygen atoms in total. The van der Waals surface area contributed by atoms with Crippen LogP contribution in [0.25, 0.3) is 5.57 Å². The van der Waals surface area contributed by atoms with Gasteiger partial charge in [-0.05, 0) is 24.6 Å². The van der Waals surface area contributed by atoms with E-state index in [0.717, 1.165) is 23.4 Å². The molecule has 0 unspecified atom stereocenters. The third-order valence-corrected chi connectivity index (χ3v) is 2.60. The van der Waals surface area contributed by atoms with Crippen molar-refractivity contribution in [1.29, 1.82) is 0 Å². The first-order valence-electron chi connectivity index (χ1n) is 5.27. The molecule has 0 bridgehead atoms. The minimum atomic E-state index is -0.417. The number of hydrogen-bond acceptors (Lipinski definition) is 2. The maximum atomic E-state index is 10.9. The Hall–Kier alpha value is -2.03. The molecule has 0 saturated heterocycles. The molecule has 2 N–H and O–H groups in total. The Labute approximate surface area is 94.9 Å². The molecule has 1 aliphatic heterocycles. The van der Waals surface area contributed by atoms with E-state index < -0.39 is 5.91 Å². The lowest BCUT2D eigenvalue weighted by molar-refractivity contribution is -0.113. The number of benzene rings is 1. The van der Waals surface area contributed by atoms with Crippen LogP contribution in [0.2, 0.25) is 0 Å². The van der Waals surface area contributed by atoms with Crippen LogP contribution in [-0.2, 0) is 4.79 Å². The SMILES string of the molecule is CCN1C=C/C(=C\C(N)=O)c2ccccc21. The Bertz CT molecular complexity index is 475. The third kappa shape index (κ3) is 1.84. The standard InChI is InChI=1S/C13H14N2O/c1-2-15-8-7-10(9-13(14)16)11-5-3-4-6-12(11)15/h3-9H,2H2,1H3,(H2,14,16)/b10-9+. The molecule has 0 aliphatic carbocycles. The predicted molar refractivity (Wildman–Crippen MR) is 65.8 cm³/mol. The molecule has 0 atom stereocenters. The highest BCUT2D eigenvalue weighted by Crippen LogP contribution is 2.32. The van der Waals surface area contributed by atoms with Gasteiger partial charge in [0.05, 0.1) is 0 Å². The maximum absolute atomic E-state index is 10.9. The summed E-state index contributed by atoms with van der Waals surface area (Å²) in [5.41, 5.74) is 8.21. The number of amides is 1. The normalized spacial score (nSPS) is 16.3. The van der Waals surface area contributed by atoms with E-state index in [1.165, 1.54) is 6.08 Å². The zero-order valence-electron chi connectivity index (χ0n) is 9.18. The summed E-state index contributed by atoms with van der Waals surface area (Å²) in [6.07, 6.45) is 5.34. The highest BCUT2D eigenvalue weighted by Gasteiger charge is 2.14. The number of nitrogens with zero attached hydrogens (tertiary/aromatic N) is 1. The van der Waals surface area contributed by atoms with Crippen molar-refractivity contribution in [2.45, 2.75) is 6.92 Å². The van der Waals surface area contributed by atoms with Crippen LogP contribution in [0.15, 0.2) is 42.6 Å². The van der Waals surface area contributed by atoms with Crippen molar-refractivity contribution in [3.63, 3.8) is 0 Å². The molecule has 2 rings (SSSR count). The van der Waals surface area contributed by atoms with E-state index in [1.54, 1.807) is 0 Å². The maximum Gasteiger partial charge on any atom is 0.242 e. The quantitative estimate of drug-likeness (QED) is 0.764. The molecule has 1 amide bonds. The van der Waals surface area contributed by atoms with E-state index in [4.69, 9.17) is 5.73 Å².